The van der Waals surface area contributed by atoms with Gasteiger partial charge in [0, 0.05) is 11.3 Å². The summed E-state index contributed by atoms with van der Waals surface area (Å²) in [6, 6.07) is 0. The van der Waals surface area contributed by atoms with Gasteiger partial charge in [0.1, 0.15) is 6.10 Å². The van der Waals surface area contributed by atoms with Gasteiger partial charge in [-0.05, 0) is 5.53 Å². The molecule has 0 spiro atoms. The Bertz CT molecular complexity index is 218. The number of ether oxygens (including phenoxy) is 1. The van der Waals surface area contributed by atoms with Gasteiger partial charge < -0.3 is 20.1 Å². The second kappa shape index (κ2) is 4.40. The molecule has 1 rings (SSSR count). The van der Waals surface area contributed by atoms with Gasteiger partial charge in [-0.15, -0.1) is 0 Å². The predicted molar refractivity (Wildman–Crippen MR) is 41.5 cm³/mol. The summed E-state index contributed by atoms with van der Waals surface area (Å²) in [5.41, 5.74) is 8.01. The van der Waals surface area contributed by atoms with E-state index in [1.165, 1.54) is 0 Å². The molecule has 13 heavy (non-hydrogen) atoms. The second-order valence-electron chi connectivity index (χ2n) is 2.85. The monoisotopic (exact) mass is 189 g/mol. The third-order valence-electron chi connectivity index (χ3n) is 1.88. The third kappa shape index (κ3) is 2.55. The fourth-order valence-electron chi connectivity index (χ4n) is 1.16. The number of nitrogens with zero attached hydrogens (tertiary/aromatic N) is 3. The summed E-state index contributed by atoms with van der Waals surface area (Å²) in [5.74, 6) is 0. The lowest BCUT2D eigenvalue weighted by Crippen LogP contribution is -2.48. The molecule has 0 amide bonds. The van der Waals surface area contributed by atoms with E-state index in [9.17, 15) is 5.11 Å². The minimum absolute atomic E-state index is 0.0206. The average molecular weight is 189 g/mol. The predicted octanol–water partition coefficient (Wildman–Crippen LogP) is -0.874. The summed E-state index contributed by atoms with van der Waals surface area (Å²) in [6.45, 7) is -0.0541. The Hall–Kier alpha value is -0.850. The van der Waals surface area contributed by atoms with Gasteiger partial charge in [0.25, 0.3) is 0 Å². The number of hydrogen-bond donors (Lipinski definition) is 3. The maximum absolute atomic E-state index is 9.30. The minimum atomic E-state index is -1.32. The first kappa shape index (κ1) is 10.2. The van der Waals surface area contributed by atoms with Crippen molar-refractivity contribution in [1.29, 1.82) is 0 Å². The Morgan fingerprint density at radius 3 is 2.69 bits per heavy atom. The quantitative estimate of drug-likeness (QED) is 0.297. The molecule has 7 nitrogen and oxygen atoms in total. The first-order chi connectivity index (χ1) is 6.15. The maximum Gasteiger partial charge on any atom is 0.181 e. The Morgan fingerprint density at radius 1 is 1.38 bits per heavy atom. The van der Waals surface area contributed by atoms with Crippen LogP contribution in [0, 0.1) is 0 Å². The largest absolute Gasteiger partial charge is 0.390 e. The Kier molecular flexibility index (Phi) is 3.47. The summed E-state index contributed by atoms with van der Waals surface area (Å²) in [5, 5.41) is 30.6. The molecule has 0 aliphatic carbocycles. The molecule has 1 aliphatic heterocycles. The van der Waals surface area contributed by atoms with Crippen molar-refractivity contribution in [2.24, 2.45) is 5.11 Å². The minimum Gasteiger partial charge on any atom is -0.390 e. The van der Waals surface area contributed by atoms with Crippen LogP contribution in [0.5, 0.6) is 0 Å². The third-order valence-corrected chi connectivity index (χ3v) is 1.88. The van der Waals surface area contributed by atoms with E-state index in [0.717, 1.165) is 0 Å². The molecule has 0 aromatic rings. The van der Waals surface area contributed by atoms with Gasteiger partial charge in [0.2, 0.25) is 0 Å². The summed E-state index contributed by atoms with van der Waals surface area (Å²) in [4.78, 5) is 2.50. The summed E-state index contributed by atoms with van der Waals surface area (Å²) >= 11 is 0. The smallest absolute Gasteiger partial charge is 0.181 e. The van der Waals surface area contributed by atoms with Gasteiger partial charge >= 0.3 is 0 Å². The molecule has 74 valence electrons. The molecular weight excluding hydrogens is 178 g/mol. The summed E-state index contributed by atoms with van der Waals surface area (Å²) in [6.07, 6.45) is -4.04. The maximum atomic E-state index is 9.30. The van der Waals surface area contributed by atoms with Crippen LogP contribution in [0.2, 0.25) is 0 Å². The Morgan fingerprint density at radius 2 is 2.08 bits per heavy atom. The zero-order chi connectivity index (χ0) is 9.84. The highest BCUT2D eigenvalue weighted by molar-refractivity contribution is 4.81. The van der Waals surface area contributed by atoms with Crippen LogP contribution in [0.4, 0.5) is 0 Å². The molecule has 1 heterocycles. The standard InChI is InChI=1S/C6H11N3O4/c7-9-8-2-5-3(10)1-4(11)6(12)13-5/h3-6,10-12H,1-2H2/t3?,4?,5-,6?/m1/s1. The molecule has 7 heteroatoms. The highest BCUT2D eigenvalue weighted by Crippen LogP contribution is 2.18. The Labute approximate surface area is 74.2 Å². The van der Waals surface area contributed by atoms with E-state index in [1.54, 1.807) is 0 Å². The molecule has 0 bridgehead atoms. The normalized spacial score (nSPS) is 39.6. The van der Waals surface area contributed by atoms with Crippen LogP contribution in [-0.2, 0) is 4.74 Å². The average Bonchev–Trinajstić information content (AvgIpc) is 2.09. The SMILES string of the molecule is [N-]=[N+]=NC[C@H]1OC(O)C(O)CC1O. The van der Waals surface area contributed by atoms with Gasteiger partial charge in [-0.1, -0.05) is 5.11 Å². The molecule has 1 saturated heterocycles. The van der Waals surface area contributed by atoms with Gasteiger partial charge in [0.05, 0.1) is 18.8 Å². The number of rotatable bonds is 2. The lowest BCUT2D eigenvalue weighted by molar-refractivity contribution is -0.242. The first-order valence-electron chi connectivity index (χ1n) is 3.85. The van der Waals surface area contributed by atoms with E-state index < -0.39 is 24.6 Å². The number of aliphatic hydroxyl groups is 3. The first-order valence-corrected chi connectivity index (χ1v) is 3.85. The van der Waals surface area contributed by atoms with Gasteiger partial charge in [0.15, 0.2) is 6.29 Å². The molecule has 4 atom stereocenters. The van der Waals surface area contributed by atoms with Crippen LogP contribution in [0.1, 0.15) is 6.42 Å². The van der Waals surface area contributed by atoms with Gasteiger partial charge in [-0.25, -0.2) is 0 Å². The van der Waals surface area contributed by atoms with Gasteiger partial charge in [-0.3, -0.25) is 0 Å². The van der Waals surface area contributed by atoms with Crippen LogP contribution in [-0.4, -0.2) is 46.5 Å². The van der Waals surface area contributed by atoms with Crippen molar-refractivity contribution in [2.45, 2.75) is 31.0 Å². The van der Waals surface area contributed by atoms with E-state index >= 15 is 0 Å². The van der Waals surface area contributed by atoms with Crippen molar-refractivity contribution in [1.82, 2.24) is 0 Å². The highest BCUT2D eigenvalue weighted by Gasteiger charge is 2.34. The fourth-order valence-corrected chi connectivity index (χ4v) is 1.16. The zero-order valence-corrected chi connectivity index (χ0v) is 6.82. The summed E-state index contributed by atoms with van der Waals surface area (Å²) in [7, 11) is 0. The molecule has 1 fully saturated rings. The number of azide groups is 1. The molecule has 3 N–H and O–H groups in total. The highest BCUT2D eigenvalue weighted by atomic mass is 16.6. The number of hydrogen-bond acceptors (Lipinski definition) is 5. The van der Waals surface area contributed by atoms with Crippen molar-refractivity contribution < 1.29 is 20.1 Å². The second-order valence-corrected chi connectivity index (χ2v) is 2.85. The van der Waals surface area contributed by atoms with Crippen LogP contribution in [0.15, 0.2) is 5.11 Å². The summed E-state index contributed by atoms with van der Waals surface area (Å²) < 4.78 is 4.80. The van der Waals surface area contributed by atoms with E-state index in [0.29, 0.717) is 0 Å². The zero-order valence-electron chi connectivity index (χ0n) is 6.82. The topological polar surface area (TPSA) is 119 Å². The molecule has 0 radical (unpaired) electrons. The molecular formula is C6H11N3O4. The van der Waals surface area contributed by atoms with Gasteiger partial charge in [-0.2, -0.15) is 0 Å². The Balaban J connectivity index is 2.50. The molecule has 0 saturated carbocycles. The van der Waals surface area contributed by atoms with Crippen molar-refractivity contribution in [3.63, 3.8) is 0 Å². The van der Waals surface area contributed by atoms with E-state index in [-0.39, 0.29) is 13.0 Å². The van der Waals surface area contributed by atoms with Crippen molar-refractivity contribution >= 4 is 0 Å². The van der Waals surface area contributed by atoms with Crippen LogP contribution >= 0.6 is 0 Å². The van der Waals surface area contributed by atoms with E-state index in [2.05, 4.69) is 10.0 Å². The van der Waals surface area contributed by atoms with Crippen molar-refractivity contribution in [3.8, 4) is 0 Å². The molecule has 3 unspecified atom stereocenters. The lowest BCUT2D eigenvalue weighted by atomic mass is 10.0. The van der Waals surface area contributed by atoms with E-state index in [1.807, 2.05) is 0 Å². The van der Waals surface area contributed by atoms with Crippen molar-refractivity contribution in [2.75, 3.05) is 6.54 Å². The molecule has 0 aromatic heterocycles. The fraction of sp³-hybridized carbons (Fsp3) is 1.00. The number of aliphatic hydroxyl groups excluding tert-OH is 3. The molecule has 1 aliphatic rings. The van der Waals surface area contributed by atoms with Crippen LogP contribution < -0.4 is 0 Å². The lowest BCUT2D eigenvalue weighted by Gasteiger charge is -2.33. The van der Waals surface area contributed by atoms with E-state index in [4.69, 9.17) is 20.5 Å². The van der Waals surface area contributed by atoms with Crippen molar-refractivity contribution in [3.05, 3.63) is 10.4 Å². The molecule has 0 aromatic carbocycles. The van der Waals surface area contributed by atoms with Crippen LogP contribution in [0.25, 0.3) is 10.4 Å². The van der Waals surface area contributed by atoms with Crippen LogP contribution in [0.3, 0.4) is 0 Å².